The van der Waals surface area contributed by atoms with Crippen LogP contribution in [0.25, 0.3) is 0 Å². The first-order valence-corrected chi connectivity index (χ1v) is 12.1. The molecule has 196 valence electrons. The van der Waals surface area contributed by atoms with Gasteiger partial charge in [0.15, 0.2) is 0 Å². The number of carbonyl (C=O) groups is 5. The van der Waals surface area contributed by atoms with Crippen LogP contribution in [-0.4, -0.2) is 69.9 Å². The van der Waals surface area contributed by atoms with Gasteiger partial charge < -0.3 is 31.7 Å². The molecule has 3 aliphatic rings. The van der Waals surface area contributed by atoms with Crippen molar-refractivity contribution >= 4 is 29.7 Å². The number of hydrogen-bond donors (Lipinski definition) is 5. The number of nitrogens with one attached hydrogen (secondary N) is 3. The van der Waals surface area contributed by atoms with Gasteiger partial charge >= 0.3 is 6.09 Å². The lowest BCUT2D eigenvalue weighted by molar-refractivity contribution is -0.144. The number of fused-ring (bicyclic) bond motifs is 1. The number of nitrogens with zero attached hydrogens (tertiary/aromatic N) is 1. The van der Waals surface area contributed by atoms with Gasteiger partial charge in [0.25, 0.3) is 0 Å². The molecule has 2 saturated heterocycles. The summed E-state index contributed by atoms with van der Waals surface area (Å²) in [6.45, 7) is 13.4. The third-order valence-corrected chi connectivity index (χ3v) is 7.91. The van der Waals surface area contributed by atoms with Crippen molar-refractivity contribution in [3.8, 4) is 0 Å². The molecule has 1 saturated carbocycles. The summed E-state index contributed by atoms with van der Waals surface area (Å²) >= 11 is 0. The van der Waals surface area contributed by atoms with Crippen LogP contribution in [0.15, 0.2) is 0 Å². The molecule has 0 bridgehead atoms. The molecule has 11 nitrogen and oxygen atoms in total. The van der Waals surface area contributed by atoms with Gasteiger partial charge in [0.2, 0.25) is 23.6 Å². The summed E-state index contributed by atoms with van der Waals surface area (Å²) in [7, 11) is 0. The second-order valence-electron chi connectivity index (χ2n) is 12.6. The molecule has 1 aliphatic carbocycles. The summed E-state index contributed by atoms with van der Waals surface area (Å²) in [4.78, 5) is 64.4. The van der Waals surface area contributed by atoms with Crippen LogP contribution in [-0.2, 0) is 19.2 Å². The summed E-state index contributed by atoms with van der Waals surface area (Å²) in [6.07, 6.45) is -0.749. The first-order valence-electron chi connectivity index (χ1n) is 12.1. The Hall–Kier alpha value is -2.85. The van der Waals surface area contributed by atoms with Crippen LogP contribution in [0.2, 0.25) is 0 Å². The molecule has 0 radical (unpaired) electrons. The summed E-state index contributed by atoms with van der Waals surface area (Å²) in [6, 6.07) is -2.98. The van der Waals surface area contributed by atoms with Crippen LogP contribution in [0.3, 0.4) is 0 Å². The van der Waals surface area contributed by atoms with E-state index in [1.165, 1.54) is 4.90 Å². The Morgan fingerprint density at radius 2 is 1.77 bits per heavy atom. The molecular formula is C24H39N5O6. The molecule has 3 unspecified atom stereocenters. The van der Waals surface area contributed by atoms with Gasteiger partial charge in [0.05, 0.1) is 0 Å². The lowest BCUT2D eigenvalue weighted by Gasteiger charge is -2.37. The van der Waals surface area contributed by atoms with E-state index < -0.39 is 58.8 Å². The average molecular weight is 494 g/mol. The first kappa shape index (κ1) is 26.7. The van der Waals surface area contributed by atoms with Crippen LogP contribution >= 0.6 is 0 Å². The zero-order valence-corrected chi connectivity index (χ0v) is 21.6. The first-order chi connectivity index (χ1) is 15.9. The van der Waals surface area contributed by atoms with Gasteiger partial charge in [-0.1, -0.05) is 34.6 Å². The number of amides is 5. The van der Waals surface area contributed by atoms with E-state index in [0.717, 1.165) is 0 Å². The highest BCUT2D eigenvalue weighted by Crippen LogP contribution is 2.65. The van der Waals surface area contributed by atoms with Crippen molar-refractivity contribution in [1.29, 1.82) is 0 Å². The Kier molecular flexibility index (Phi) is 6.63. The number of hydrogen-bond acceptors (Lipinski definition) is 5. The van der Waals surface area contributed by atoms with Gasteiger partial charge in [-0.3, -0.25) is 19.2 Å². The molecule has 0 aromatic rings. The highest BCUT2D eigenvalue weighted by molar-refractivity contribution is 5.95. The smallest absolute Gasteiger partial charge is 0.405 e. The van der Waals surface area contributed by atoms with Crippen molar-refractivity contribution < 1.29 is 29.1 Å². The van der Waals surface area contributed by atoms with E-state index in [4.69, 9.17) is 5.73 Å². The maximum absolute atomic E-state index is 13.5. The topological polar surface area (TPSA) is 171 Å². The normalized spacial score (nSPS) is 30.0. The van der Waals surface area contributed by atoms with E-state index in [9.17, 15) is 29.1 Å². The van der Waals surface area contributed by atoms with Crippen LogP contribution in [0.5, 0.6) is 0 Å². The van der Waals surface area contributed by atoms with Gasteiger partial charge in [0, 0.05) is 18.0 Å². The summed E-state index contributed by atoms with van der Waals surface area (Å²) < 4.78 is 0. The lowest BCUT2D eigenvalue weighted by atomic mass is 9.85. The molecule has 2 aliphatic heterocycles. The van der Waals surface area contributed by atoms with Gasteiger partial charge in [-0.15, -0.1) is 0 Å². The minimum Gasteiger partial charge on any atom is -0.465 e. The Labute approximate surface area is 205 Å². The number of nitrogens with two attached hydrogens (primary N) is 1. The molecule has 6 atom stereocenters. The highest BCUT2D eigenvalue weighted by Gasteiger charge is 2.69. The maximum atomic E-state index is 13.5. The summed E-state index contributed by atoms with van der Waals surface area (Å²) in [5, 5.41) is 17.2. The second kappa shape index (κ2) is 8.67. The minimum atomic E-state index is -1.32. The fraction of sp³-hybridized carbons (Fsp3) is 0.792. The van der Waals surface area contributed by atoms with Gasteiger partial charge in [-0.2, -0.15) is 0 Å². The average Bonchev–Trinajstić information content (AvgIpc) is 3.00. The standard InChI is InChI=1S/C24H39N5O6/c1-22(2,3)16(27-21(34)35)20(33)29-10-12-14(24(12,6)7)15(29)19(32)26-13(17(25)30)8-11-9-23(4,5)28-18(11)31/h11-16,27H,8-10H2,1-7H3,(H2,25,30)(H,26,32)(H,28,31)(H,34,35)/t11?,12-,13?,14-,15-,16?/m0/s1. The van der Waals surface area contributed by atoms with E-state index in [-0.39, 0.29) is 29.6 Å². The number of carboxylic acid groups (broad SMARTS) is 1. The van der Waals surface area contributed by atoms with Crippen LogP contribution < -0.4 is 21.7 Å². The Balaban J connectivity index is 1.81. The van der Waals surface area contributed by atoms with Crippen LogP contribution in [0.4, 0.5) is 4.79 Å². The molecule has 0 spiro atoms. The van der Waals surface area contributed by atoms with Gasteiger partial charge in [-0.25, -0.2) is 4.79 Å². The monoisotopic (exact) mass is 493 g/mol. The molecule has 3 fully saturated rings. The molecule has 2 heterocycles. The van der Waals surface area contributed by atoms with Crippen molar-refractivity contribution in [2.24, 2.45) is 34.3 Å². The fourth-order valence-electron chi connectivity index (χ4n) is 5.92. The van der Waals surface area contributed by atoms with Crippen molar-refractivity contribution in [3.63, 3.8) is 0 Å². The highest BCUT2D eigenvalue weighted by atomic mass is 16.4. The third kappa shape index (κ3) is 5.23. The van der Waals surface area contributed by atoms with E-state index in [0.29, 0.717) is 13.0 Å². The molecule has 6 N–H and O–H groups in total. The summed E-state index contributed by atoms with van der Waals surface area (Å²) in [5.41, 5.74) is 4.28. The zero-order chi connectivity index (χ0) is 26.7. The second-order valence-corrected chi connectivity index (χ2v) is 12.6. The third-order valence-electron chi connectivity index (χ3n) is 7.91. The predicted molar refractivity (Wildman–Crippen MR) is 127 cm³/mol. The lowest BCUT2D eigenvalue weighted by Crippen LogP contribution is -2.60. The molecule has 11 heteroatoms. The van der Waals surface area contributed by atoms with E-state index in [2.05, 4.69) is 16.0 Å². The summed E-state index contributed by atoms with van der Waals surface area (Å²) in [5.74, 6) is -2.45. The number of piperidine rings is 1. The number of rotatable bonds is 7. The molecule has 0 aromatic heterocycles. The molecule has 0 aromatic carbocycles. The van der Waals surface area contributed by atoms with Crippen molar-refractivity contribution in [3.05, 3.63) is 0 Å². The Morgan fingerprint density at radius 3 is 2.23 bits per heavy atom. The fourth-order valence-corrected chi connectivity index (χ4v) is 5.92. The zero-order valence-electron chi connectivity index (χ0n) is 21.6. The van der Waals surface area contributed by atoms with E-state index in [1.807, 2.05) is 27.7 Å². The predicted octanol–water partition coefficient (Wildman–Crippen LogP) is 0.427. The molecular weight excluding hydrogens is 454 g/mol. The Bertz CT molecular complexity index is 939. The van der Waals surface area contributed by atoms with Crippen molar-refractivity contribution in [1.82, 2.24) is 20.9 Å². The van der Waals surface area contributed by atoms with Gasteiger partial charge in [0.1, 0.15) is 18.1 Å². The Morgan fingerprint density at radius 1 is 1.17 bits per heavy atom. The number of likely N-dealkylation sites (tertiary alicyclic amines) is 1. The van der Waals surface area contributed by atoms with Crippen molar-refractivity contribution in [2.45, 2.75) is 85.0 Å². The molecule has 5 amide bonds. The van der Waals surface area contributed by atoms with E-state index >= 15 is 0 Å². The maximum Gasteiger partial charge on any atom is 0.405 e. The van der Waals surface area contributed by atoms with Crippen LogP contribution in [0.1, 0.15) is 61.3 Å². The van der Waals surface area contributed by atoms with Gasteiger partial charge in [-0.05, 0) is 49.4 Å². The number of primary amides is 1. The number of carbonyl (C=O) groups excluding carboxylic acids is 4. The van der Waals surface area contributed by atoms with Crippen molar-refractivity contribution in [2.75, 3.05) is 6.54 Å². The van der Waals surface area contributed by atoms with Crippen LogP contribution in [0, 0.1) is 28.6 Å². The molecule has 35 heavy (non-hydrogen) atoms. The SMILES string of the molecule is CC1(C)CC(CC(NC(=O)[C@@H]2[C@@H]3[C@H](CN2C(=O)C(NC(=O)O)C(C)(C)C)C3(C)C)C(N)=O)C(=O)N1. The molecule has 3 rings (SSSR count). The largest absolute Gasteiger partial charge is 0.465 e. The quantitative estimate of drug-likeness (QED) is 0.344. The van der Waals surface area contributed by atoms with E-state index in [1.54, 1.807) is 20.8 Å². The minimum absolute atomic E-state index is 0.0691.